The van der Waals surface area contributed by atoms with E-state index in [2.05, 4.69) is 32.2 Å². The van der Waals surface area contributed by atoms with Crippen molar-refractivity contribution in [1.29, 1.82) is 0 Å². The van der Waals surface area contributed by atoms with Crippen molar-refractivity contribution in [1.82, 2.24) is 4.98 Å². The van der Waals surface area contributed by atoms with E-state index < -0.39 is 0 Å². The maximum atomic E-state index is 4.95. The summed E-state index contributed by atoms with van der Waals surface area (Å²) in [5.74, 6) is 3.49. The quantitative estimate of drug-likeness (QED) is 0.368. The van der Waals surface area contributed by atoms with E-state index >= 15 is 0 Å². The molecule has 0 amide bonds. The lowest BCUT2D eigenvalue weighted by molar-refractivity contribution is 0.300. The van der Waals surface area contributed by atoms with Gasteiger partial charge in [-0.25, -0.2) is 0 Å². The highest BCUT2D eigenvalue weighted by Crippen LogP contribution is 2.39. The van der Waals surface area contributed by atoms with Gasteiger partial charge in [-0.1, -0.05) is 71.3 Å². The molecule has 0 spiro atoms. The van der Waals surface area contributed by atoms with Crippen LogP contribution in [0.5, 0.6) is 0 Å². The molecule has 0 aliphatic heterocycles. The number of rotatable bonds is 10. The number of aromatic nitrogens is 1. The fraction of sp³-hybridized carbons (Fsp3) is 0.815. The zero-order valence-corrected chi connectivity index (χ0v) is 18.8. The van der Waals surface area contributed by atoms with Crippen molar-refractivity contribution >= 4 is 0 Å². The Hall–Kier alpha value is -0.850. The first-order chi connectivity index (χ1) is 13.8. The molecule has 2 saturated carbocycles. The molecule has 3 rings (SSSR count). The lowest BCUT2D eigenvalue weighted by Crippen LogP contribution is -2.15. The van der Waals surface area contributed by atoms with E-state index in [4.69, 9.17) is 4.98 Å². The Balaban J connectivity index is 1.39. The lowest BCUT2D eigenvalue weighted by Gasteiger charge is -2.30. The Kier molecular flexibility index (Phi) is 9.35. The summed E-state index contributed by atoms with van der Waals surface area (Å²) >= 11 is 0. The largest absolute Gasteiger partial charge is 0.261 e. The number of nitrogens with zero attached hydrogens (tertiary/aromatic N) is 1. The van der Waals surface area contributed by atoms with Crippen molar-refractivity contribution in [2.75, 3.05) is 0 Å². The summed E-state index contributed by atoms with van der Waals surface area (Å²) in [5.41, 5.74) is 2.89. The molecule has 1 heterocycles. The predicted molar refractivity (Wildman–Crippen MR) is 122 cm³/mol. The summed E-state index contributed by atoms with van der Waals surface area (Å²) in [5, 5.41) is 0. The summed E-state index contributed by atoms with van der Waals surface area (Å²) in [6.45, 7) is 4.63. The molecule has 2 fully saturated rings. The van der Waals surface area contributed by atoms with Gasteiger partial charge < -0.3 is 0 Å². The minimum atomic E-state index is 0.727. The second-order valence-electron chi connectivity index (χ2n) is 9.94. The highest BCUT2D eigenvalue weighted by atomic mass is 14.7. The molecule has 0 atom stereocenters. The van der Waals surface area contributed by atoms with E-state index in [1.807, 2.05) is 0 Å². The average Bonchev–Trinajstić information content (AvgIpc) is 2.75. The van der Waals surface area contributed by atoms with Gasteiger partial charge in [0.05, 0.1) is 0 Å². The molecule has 0 saturated heterocycles. The third-order valence-corrected chi connectivity index (χ3v) is 7.81. The van der Waals surface area contributed by atoms with Crippen molar-refractivity contribution in [2.24, 2.45) is 11.8 Å². The summed E-state index contributed by atoms with van der Waals surface area (Å²) < 4.78 is 0. The first-order valence-corrected chi connectivity index (χ1v) is 12.8. The zero-order valence-electron chi connectivity index (χ0n) is 18.8. The maximum absolute atomic E-state index is 4.95. The minimum absolute atomic E-state index is 0.727. The minimum Gasteiger partial charge on any atom is -0.261 e. The molecule has 0 bridgehead atoms. The van der Waals surface area contributed by atoms with Gasteiger partial charge in [-0.2, -0.15) is 0 Å². The summed E-state index contributed by atoms with van der Waals surface area (Å²) in [7, 11) is 0. The Labute approximate surface area is 175 Å². The van der Waals surface area contributed by atoms with Crippen LogP contribution in [0.1, 0.15) is 140 Å². The highest BCUT2D eigenvalue weighted by Gasteiger charge is 2.25. The molecule has 158 valence electrons. The van der Waals surface area contributed by atoms with Crippen molar-refractivity contribution in [2.45, 2.75) is 128 Å². The summed E-state index contributed by atoms with van der Waals surface area (Å²) in [4.78, 5) is 4.95. The van der Waals surface area contributed by atoms with E-state index in [1.54, 1.807) is 0 Å². The van der Waals surface area contributed by atoms with Gasteiger partial charge in [0, 0.05) is 17.8 Å². The molecule has 1 aromatic rings. The highest BCUT2D eigenvalue weighted by molar-refractivity contribution is 5.21. The standard InChI is InChI=1S/C27H45N/c1-3-5-6-7-8-10-23-11-15-24(16-12-23)26-19-20-27(28-21-26)25-17-13-22(9-4-2)14-18-25/h19-25H,3-18H2,1-2H3. The Morgan fingerprint density at radius 3 is 1.93 bits per heavy atom. The first-order valence-electron chi connectivity index (χ1n) is 12.8. The van der Waals surface area contributed by atoms with E-state index in [0.29, 0.717) is 0 Å². The van der Waals surface area contributed by atoms with Gasteiger partial charge in [-0.15, -0.1) is 0 Å². The van der Waals surface area contributed by atoms with Crippen molar-refractivity contribution in [3.63, 3.8) is 0 Å². The fourth-order valence-corrected chi connectivity index (χ4v) is 5.88. The fourth-order valence-electron chi connectivity index (χ4n) is 5.88. The van der Waals surface area contributed by atoms with Crippen LogP contribution < -0.4 is 0 Å². The third-order valence-electron chi connectivity index (χ3n) is 7.81. The van der Waals surface area contributed by atoms with Crippen molar-refractivity contribution in [3.8, 4) is 0 Å². The van der Waals surface area contributed by atoms with Crippen LogP contribution in [0.2, 0.25) is 0 Å². The molecule has 2 aliphatic carbocycles. The number of unbranched alkanes of at least 4 members (excludes halogenated alkanes) is 4. The zero-order chi connectivity index (χ0) is 19.6. The van der Waals surface area contributed by atoms with Crippen LogP contribution in [0.15, 0.2) is 18.3 Å². The molecule has 0 aromatic carbocycles. The second-order valence-corrected chi connectivity index (χ2v) is 9.94. The topological polar surface area (TPSA) is 12.9 Å². The van der Waals surface area contributed by atoms with Crippen LogP contribution in [0, 0.1) is 11.8 Å². The molecule has 1 heteroatoms. The van der Waals surface area contributed by atoms with E-state index in [-0.39, 0.29) is 0 Å². The Morgan fingerprint density at radius 2 is 1.32 bits per heavy atom. The molecule has 0 N–H and O–H groups in total. The van der Waals surface area contributed by atoms with Crippen LogP contribution in [0.3, 0.4) is 0 Å². The van der Waals surface area contributed by atoms with Crippen molar-refractivity contribution < 1.29 is 0 Å². The number of pyridine rings is 1. The van der Waals surface area contributed by atoms with E-state index in [9.17, 15) is 0 Å². The molecule has 0 unspecified atom stereocenters. The van der Waals surface area contributed by atoms with E-state index in [1.165, 1.54) is 114 Å². The number of hydrogen-bond acceptors (Lipinski definition) is 1. The van der Waals surface area contributed by atoms with Crippen molar-refractivity contribution in [3.05, 3.63) is 29.6 Å². The van der Waals surface area contributed by atoms with Crippen LogP contribution >= 0.6 is 0 Å². The molecule has 2 aliphatic rings. The van der Waals surface area contributed by atoms with Gasteiger partial charge in [0.25, 0.3) is 0 Å². The van der Waals surface area contributed by atoms with Gasteiger partial charge >= 0.3 is 0 Å². The molecular formula is C27H45N. The van der Waals surface area contributed by atoms with E-state index in [0.717, 1.165) is 23.7 Å². The van der Waals surface area contributed by atoms with Crippen LogP contribution in [0.25, 0.3) is 0 Å². The smallest absolute Gasteiger partial charge is 0.0434 e. The summed E-state index contributed by atoms with van der Waals surface area (Å²) in [6, 6.07) is 4.80. The maximum Gasteiger partial charge on any atom is 0.0434 e. The molecule has 1 aromatic heterocycles. The number of hydrogen-bond donors (Lipinski definition) is 0. The van der Waals surface area contributed by atoms with Gasteiger partial charge in [0.2, 0.25) is 0 Å². The Bertz CT molecular complexity index is 518. The molecule has 28 heavy (non-hydrogen) atoms. The average molecular weight is 384 g/mol. The normalized spacial score (nSPS) is 28.4. The van der Waals surface area contributed by atoms with Crippen LogP contribution in [-0.2, 0) is 0 Å². The predicted octanol–water partition coefficient (Wildman–Crippen LogP) is 8.79. The van der Waals surface area contributed by atoms with Crippen LogP contribution in [-0.4, -0.2) is 4.98 Å². The Morgan fingerprint density at radius 1 is 0.679 bits per heavy atom. The monoisotopic (exact) mass is 383 g/mol. The summed E-state index contributed by atoms with van der Waals surface area (Å²) in [6.07, 6.45) is 24.9. The van der Waals surface area contributed by atoms with Gasteiger partial charge in [0.1, 0.15) is 0 Å². The van der Waals surface area contributed by atoms with Gasteiger partial charge in [0.15, 0.2) is 0 Å². The second kappa shape index (κ2) is 12.0. The molecule has 0 radical (unpaired) electrons. The first kappa shape index (κ1) is 21.8. The van der Waals surface area contributed by atoms with Crippen LogP contribution in [0.4, 0.5) is 0 Å². The van der Waals surface area contributed by atoms with Gasteiger partial charge in [-0.05, 0) is 80.8 Å². The SMILES string of the molecule is CCCCCCCC1CCC(c2ccc(C3CCC(CCC)CC3)nc2)CC1. The molecule has 1 nitrogen and oxygen atoms in total. The van der Waals surface area contributed by atoms with Gasteiger partial charge in [-0.3, -0.25) is 4.98 Å². The third kappa shape index (κ3) is 6.60. The lowest BCUT2D eigenvalue weighted by atomic mass is 9.76. The molecular weight excluding hydrogens is 338 g/mol.